The number of anilines is 1. The zero-order valence-electron chi connectivity index (χ0n) is 17.7. The van der Waals surface area contributed by atoms with Gasteiger partial charge in [-0.05, 0) is 37.5 Å². The molecule has 4 aromatic rings. The highest BCUT2D eigenvalue weighted by atomic mass is 35.5. The van der Waals surface area contributed by atoms with Crippen molar-refractivity contribution in [2.75, 3.05) is 5.32 Å². The van der Waals surface area contributed by atoms with Gasteiger partial charge in [-0.15, -0.1) is 11.3 Å². The number of H-pyrrole nitrogens is 1. The second kappa shape index (κ2) is 8.24. The molecule has 0 aromatic carbocycles. The summed E-state index contributed by atoms with van der Waals surface area (Å²) in [6.07, 6.45) is 8.25. The number of nitrogens with one attached hydrogen (secondary N) is 2. The SMILES string of the molecule is O=C(O)[C@H]1C2CCC(CC2)[C@@H]1Nc1nc(-c2c[nH]c3ncc(Cl)nc23)nc(-c2nccs2)c1F. The first-order chi connectivity index (χ1) is 16.5. The lowest BCUT2D eigenvalue weighted by molar-refractivity contribution is -0.148. The van der Waals surface area contributed by atoms with E-state index in [4.69, 9.17) is 11.6 Å². The van der Waals surface area contributed by atoms with Crippen molar-refractivity contribution in [2.24, 2.45) is 17.8 Å². The van der Waals surface area contributed by atoms with Crippen LogP contribution in [-0.4, -0.2) is 47.0 Å². The second-order valence-electron chi connectivity index (χ2n) is 8.70. The van der Waals surface area contributed by atoms with E-state index in [0.29, 0.717) is 21.7 Å². The minimum Gasteiger partial charge on any atom is -0.481 e. The Morgan fingerprint density at radius 2 is 1.97 bits per heavy atom. The number of aliphatic carboxylic acids is 1. The molecule has 0 amide bonds. The number of carboxylic acid groups (broad SMARTS) is 1. The molecule has 0 aliphatic heterocycles. The van der Waals surface area contributed by atoms with Crippen LogP contribution in [-0.2, 0) is 4.79 Å². The molecular formula is C22H19ClFN7O2S. The van der Waals surface area contributed by atoms with E-state index in [-0.39, 0.29) is 34.3 Å². The molecule has 2 atom stereocenters. The Hall–Kier alpha value is -3.18. The molecule has 0 spiro atoms. The summed E-state index contributed by atoms with van der Waals surface area (Å²) in [5, 5.41) is 15.4. The molecule has 2 bridgehead atoms. The molecule has 0 radical (unpaired) electrons. The summed E-state index contributed by atoms with van der Waals surface area (Å²) in [5.41, 5.74) is 1.49. The fourth-order valence-corrected chi connectivity index (χ4v) is 6.11. The fraction of sp³-hybridized carbons (Fsp3) is 0.364. The Labute approximate surface area is 201 Å². The Kier molecular flexibility index (Phi) is 5.18. The summed E-state index contributed by atoms with van der Waals surface area (Å²) in [6.45, 7) is 0. The van der Waals surface area contributed by atoms with E-state index in [1.807, 2.05) is 0 Å². The molecule has 3 aliphatic rings. The van der Waals surface area contributed by atoms with Gasteiger partial charge in [-0.3, -0.25) is 4.79 Å². The maximum absolute atomic E-state index is 15.7. The van der Waals surface area contributed by atoms with Gasteiger partial charge in [-0.25, -0.2) is 29.3 Å². The number of rotatable bonds is 5. The van der Waals surface area contributed by atoms with E-state index in [0.717, 1.165) is 25.7 Å². The first-order valence-electron chi connectivity index (χ1n) is 11.0. The maximum Gasteiger partial charge on any atom is 0.308 e. The van der Waals surface area contributed by atoms with Gasteiger partial charge in [0, 0.05) is 23.8 Å². The van der Waals surface area contributed by atoms with Gasteiger partial charge in [0.2, 0.25) is 0 Å². The quantitative estimate of drug-likeness (QED) is 0.362. The van der Waals surface area contributed by atoms with E-state index in [9.17, 15) is 9.90 Å². The number of aromatic amines is 1. The number of fused-ring (bicyclic) bond motifs is 4. The average Bonchev–Trinajstić information content (AvgIpc) is 3.51. The second-order valence-corrected chi connectivity index (χ2v) is 9.98. The third-order valence-corrected chi connectivity index (χ3v) is 7.85. The van der Waals surface area contributed by atoms with Crippen LogP contribution >= 0.6 is 22.9 Å². The summed E-state index contributed by atoms with van der Waals surface area (Å²) in [4.78, 5) is 36.8. The molecule has 3 N–H and O–H groups in total. The zero-order chi connectivity index (χ0) is 23.4. The average molecular weight is 500 g/mol. The number of hydrogen-bond donors (Lipinski definition) is 3. The predicted octanol–water partition coefficient (Wildman–Crippen LogP) is 4.63. The smallest absolute Gasteiger partial charge is 0.308 e. The highest BCUT2D eigenvalue weighted by Gasteiger charge is 2.47. The number of carboxylic acids is 1. The van der Waals surface area contributed by atoms with Gasteiger partial charge in [0.25, 0.3) is 0 Å². The third-order valence-electron chi connectivity index (χ3n) is 6.89. The van der Waals surface area contributed by atoms with E-state index >= 15 is 4.39 Å². The van der Waals surface area contributed by atoms with Crippen molar-refractivity contribution < 1.29 is 14.3 Å². The van der Waals surface area contributed by atoms with Crippen molar-refractivity contribution in [3.05, 3.63) is 34.9 Å². The molecule has 3 saturated carbocycles. The van der Waals surface area contributed by atoms with Crippen LogP contribution in [0, 0.1) is 23.6 Å². The highest BCUT2D eigenvalue weighted by molar-refractivity contribution is 7.13. The number of aromatic nitrogens is 6. The maximum atomic E-state index is 15.7. The minimum absolute atomic E-state index is 0.0386. The molecule has 0 saturated heterocycles. The molecule has 7 rings (SSSR count). The van der Waals surface area contributed by atoms with Gasteiger partial charge in [-0.1, -0.05) is 11.6 Å². The summed E-state index contributed by atoms with van der Waals surface area (Å²) >= 11 is 7.30. The van der Waals surface area contributed by atoms with Gasteiger partial charge < -0.3 is 15.4 Å². The van der Waals surface area contributed by atoms with E-state index in [1.165, 1.54) is 17.5 Å². The predicted molar refractivity (Wildman–Crippen MR) is 125 cm³/mol. The molecule has 12 heteroatoms. The van der Waals surface area contributed by atoms with Gasteiger partial charge in [0.1, 0.15) is 21.4 Å². The van der Waals surface area contributed by atoms with Crippen LogP contribution in [0.5, 0.6) is 0 Å². The van der Waals surface area contributed by atoms with Gasteiger partial charge in [0.15, 0.2) is 23.1 Å². The van der Waals surface area contributed by atoms with Gasteiger partial charge in [0.05, 0.1) is 17.7 Å². The van der Waals surface area contributed by atoms with Crippen LogP contribution in [0.1, 0.15) is 25.7 Å². The topological polar surface area (TPSA) is 130 Å². The Morgan fingerprint density at radius 1 is 1.18 bits per heavy atom. The van der Waals surface area contributed by atoms with Crippen molar-refractivity contribution in [1.29, 1.82) is 0 Å². The van der Waals surface area contributed by atoms with Gasteiger partial charge >= 0.3 is 5.97 Å². The first-order valence-corrected chi connectivity index (χ1v) is 12.2. The van der Waals surface area contributed by atoms with Crippen molar-refractivity contribution in [3.8, 4) is 22.1 Å². The molecular weight excluding hydrogens is 481 g/mol. The number of carbonyl (C=O) groups is 1. The largest absolute Gasteiger partial charge is 0.481 e. The summed E-state index contributed by atoms with van der Waals surface area (Å²) < 4.78 is 15.7. The van der Waals surface area contributed by atoms with Gasteiger partial charge in [-0.2, -0.15) is 0 Å². The lowest BCUT2D eigenvalue weighted by Gasteiger charge is -2.47. The van der Waals surface area contributed by atoms with Crippen molar-refractivity contribution in [3.63, 3.8) is 0 Å². The molecule has 9 nitrogen and oxygen atoms in total. The summed E-state index contributed by atoms with van der Waals surface area (Å²) in [7, 11) is 0. The monoisotopic (exact) mass is 499 g/mol. The Morgan fingerprint density at radius 3 is 2.71 bits per heavy atom. The molecule has 34 heavy (non-hydrogen) atoms. The Bertz CT molecular complexity index is 1390. The number of halogens is 2. The zero-order valence-corrected chi connectivity index (χ0v) is 19.3. The summed E-state index contributed by atoms with van der Waals surface area (Å²) in [5.74, 6) is -1.71. The standard InChI is InChI=1S/C22H19ClFN7O2S/c23-12-8-27-20-16(28-12)11(7-26-20)18-30-17(21-25-5-6-34-21)14(24)19(31-18)29-15-10-3-1-9(2-4-10)13(15)22(32)33/h5-10,13,15H,1-4H2,(H,26,27)(H,32,33)(H,29,30,31)/t9?,10?,13-,15-/m0/s1. The van der Waals surface area contributed by atoms with E-state index in [2.05, 4.69) is 35.2 Å². The van der Waals surface area contributed by atoms with Crippen LogP contribution in [0.25, 0.3) is 33.3 Å². The van der Waals surface area contributed by atoms with E-state index in [1.54, 1.807) is 17.8 Å². The third kappa shape index (κ3) is 3.50. The van der Waals surface area contributed by atoms with Crippen molar-refractivity contribution >= 4 is 45.9 Å². The molecule has 4 heterocycles. The van der Waals surface area contributed by atoms with Crippen molar-refractivity contribution in [2.45, 2.75) is 31.7 Å². The molecule has 0 unspecified atom stereocenters. The molecule has 4 aromatic heterocycles. The normalized spacial score (nSPS) is 23.9. The van der Waals surface area contributed by atoms with Crippen LogP contribution in [0.3, 0.4) is 0 Å². The minimum atomic E-state index is -0.858. The molecule has 3 fully saturated rings. The van der Waals surface area contributed by atoms with Crippen molar-refractivity contribution in [1.82, 2.24) is 29.9 Å². The molecule has 3 aliphatic carbocycles. The van der Waals surface area contributed by atoms with E-state index < -0.39 is 23.7 Å². The summed E-state index contributed by atoms with van der Waals surface area (Å²) in [6, 6.07) is -0.413. The lowest BCUT2D eigenvalue weighted by atomic mass is 9.61. The van der Waals surface area contributed by atoms with Crippen LogP contribution in [0.15, 0.2) is 24.0 Å². The highest BCUT2D eigenvalue weighted by Crippen LogP contribution is 2.46. The Balaban J connectivity index is 1.49. The number of hydrogen-bond acceptors (Lipinski definition) is 8. The number of thiazole rings is 1. The first kappa shape index (κ1) is 21.4. The fourth-order valence-electron chi connectivity index (χ4n) is 5.36. The van der Waals surface area contributed by atoms with Crippen LogP contribution < -0.4 is 5.32 Å². The number of nitrogens with zero attached hydrogens (tertiary/aromatic N) is 5. The molecule has 174 valence electrons. The van der Waals surface area contributed by atoms with Crippen LogP contribution in [0.2, 0.25) is 5.15 Å². The lowest BCUT2D eigenvalue weighted by Crippen LogP contribution is -2.51. The van der Waals surface area contributed by atoms with Crippen LogP contribution in [0.4, 0.5) is 10.2 Å².